The van der Waals surface area contributed by atoms with E-state index in [1.54, 1.807) is 22.9 Å². The second kappa shape index (κ2) is 10.8. The Hall–Kier alpha value is -4.65. The predicted octanol–water partition coefficient (Wildman–Crippen LogP) is 6.37. The molecule has 1 aliphatic heterocycles. The first kappa shape index (κ1) is 23.7. The summed E-state index contributed by atoms with van der Waals surface area (Å²) in [6, 6.07) is 29.1. The van der Waals surface area contributed by atoms with Crippen LogP contribution >= 0.6 is 0 Å². The molecule has 7 heteroatoms. The molecule has 1 fully saturated rings. The Kier molecular flexibility index (Phi) is 6.72. The summed E-state index contributed by atoms with van der Waals surface area (Å²) in [6.45, 7) is 2.59. The minimum Gasteiger partial charge on any atom is -0.457 e. The highest BCUT2D eigenvalue weighted by molar-refractivity contribution is 5.76. The van der Waals surface area contributed by atoms with Crippen molar-refractivity contribution in [2.24, 2.45) is 0 Å². The largest absolute Gasteiger partial charge is 0.457 e. The Morgan fingerprint density at radius 3 is 2.42 bits per heavy atom. The van der Waals surface area contributed by atoms with Gasteiger partial charge in [-0.3, -0.25) is 9.36 Å². The number of pyridine rings is 1. The molecule has 3 heterocycles. The summed E-state index contributed by atoms with van der Waals surface area (Å²) in [7, 11) is 0. The topological polar surface area (TPSA) is 72.3 Å². The number of hydrogen-bond acceptors (Lipinski definition) is 6. The fraction of sp³-hybridized carbons (Fsp3) is 0.194. The first-order chi connectivity index (χ1) is 18.7. The van der Waals surface area contributed by atoms with Crippen molar-refractivity contribution in [3.05, 3.63) is 113 Å². The molecule has 0 atom stereocenters. The Bertz CT molecular complexity index is 1590. The van der Waals surface area contributed by atoms with Crippen LogP contribution in [0.5, 0.6) is 11.5 Å². The summed E-state index contributed by atoms with van der Waals surface area (Å²) in [6.07, 6.45) is 5.55. The van der Waals surface area contributed by atoms with Gasteiger partial charge in [0.05, 0.1) is 6.54 Å². The van der Waals surface area contributed by atoms with E-state index in [1.807, 2.05) is 66.7 Å². The number of nitrogens with zero attached hydrogens (tertiary/aromatic N) is 4. The summed E-state index contributed by atoms with van der Waals surface area (Å²) in [5.41, 5.74) is 3.54. The van der Waals surface area contributed by atoms with E-state index in [1.165, 1.54) is 24.9 Å². The third-order valence-corrected chi connectivity index (χ3v) is 6.79. The molecule has 7 nitrogen and oxygen atoms in total. The van der Waals surface area contributed by atoms with Crippen LogP contribution in [0.2, 0.25) is 0 Å². The van der Waals surface area contributed by atoms with E-state index in [9.17, 15) is 4.79 Å². The molecular weight excluding hydrogens is 474 g/mol. The van der Waals surface area contributed by atoms with Crippen molar-refractivity contribution in [2.45, 2.75) is 25.8 Å². The number of rotatable bonds is 7. The average molecular weight is 504 g/mol. The fourth-order valence-corrected chi connectivity index (χ4v) is 4.84. The van der Waals surface area contributed by atoms with Gasteiger partial charge in [0.25, 0.3) is 5.56 Å². The molecule has 2 aromatic heterocycles. The van der Waals surface area contributed by atoms with Gasteiger partial charge in [-0.1, -0.05) is 30.3 Å². The van der Waals surface area contributed by atoms with Gasteiger partial charge in [-0.25, -0.2) is 4.98 Å². The summed E-state index contributed by atoms with van der Waals surface area (Å²) in [4.78, 5) is 24.6. The van der Waals surface area contributed by atoms with Gasteiger partial charge in [-0.2, -0.15) is 4.98 Å². The Labute approximate surface area is 221 Å². The summed E-state index contributed by atoms with van der Waals surface area (Å²) in [5, 5.41) is 4.10. The summed E-state index contributed by atoms with van der Waals surface area (Å²) >= 11 is 0. The van der Waals surface area contributed by atoms with E-state index < -0.39 is 0 Å². The number of fused-ring (bicyclic) bond motifs is 1. The maximum atomic E-state index is 12.9. The smallest absolute Gasteiger partial charge is 0.252 e. The molecule has 0 unspecified atom stereocenters. The lowest BCUT2D eigenvalue weighted by Crippen LogP contribution is -2.29. The van der Waals surface area contributed by atoms with Crippen LogP contribution < -0.4 is 20.5 Å². The van der Waals surface area contributed by atoms with Crippen molar-refractivity contribution in [3.8, 4) is 11.5 Å². The van der Waals surface area contributed by atoms with E-state index in [4.69, 9.17) is 9.72 Å². The fourth-order valence-electron chi connectivity index (χ4n) is 4.84. The minimum atomic E-state index is -0.123. The molecule has 1 N–H and O–H groups in total. The van der Waals surface area contributed by atoms with Gasteiger partial charge >= 0.3 is 0 Å². The number of hydrogen-bond donors (Lipinski definition) is 1. The molecule has 190 valence electrons. The van der Waals surface area contributed by atoms with Crippen molar-refractivity contribution < 1.29 is 4.74 Å². The van der Waals surface area contributed by atoms with E-state index in [0.29, 0.717) is 23.9 Å². The van der Waals surface area contributed by atoms with Crippen LogP contribution in [0.15, 0.2) is 102 Å². The highest BCUT2D eigenvalue weighted by Crippen LogP contribution is 2.25. The maximum absolute atomic E-state index is 12.9. The van der Waals surface area contributed by atoms with E-state index in [-0.39, 0.29) is 5.56 Å². The molecule has 0 saturated carbocycles. The number of anilines is 3. The molecule has 6 rings (SSSR count). The van der Waals surface area contributed by atoms with Gasteiger partial charge in [0.15, 0.2) is 0 Å². The van der Waals surface area contributed by atoms with Crippen molar-refractivity contribution in [1.29, 1.82) is 0 Å². The van der Waals surface area contributed by atoms with Gasteiger partial charge in [-0.05, 0) is 79.4 Å². The average Bonchev–Trinajstić information content (AvgIpc) is 2.96. The van der Waals surface area contributed by atoms with Gasteiger partial charge in [0, 0.05) is 42.1 Å². The van der Waals surface area contributed by atoms with Crippen molar-refractivity contribution >= 4 is 28.4 Å². The summed E-state index contributed by atoms with van der Waals surface area (Å²) in [5.74, 6) is 1.93. The number of benzene rings is 3. The molecule has 0 radical (unpaired) electrons. The number of para-hydroxylation sites is 1. The normalized spacial score (nSPS) is 13.4. The van der Waals surface area contributed by atoms with Crippen LogP contribution in [0.3, 0.4) is 0 Å². The quantitative estimate of drug-likeness (QED) is 0.278. The number of ether oxygens (including phenoxy) is 1. The molecule has 0 spiro atoms. The van der Waals surface area contributed by atoms with Crippen LogP contribution in [-0.4, -0.2) is 27.6 Å². The molecule has 0 aliphatic carbocycles. The van der Waals surface area contributed by atoms with Crippen LogP contribution in [0.25, 0.3) is 11.0 Å². The molecule has 0 amide bonds. The molecular formula is C31H29N5O2. The lowest BCUT2D eigenvalue weighted by molar-refractivity contribution is 0.481. The molecule has 3 aromatic carbocycles. The second-order valence-electron chi connectivity index (χ2n) is 9.51. The lowest BCUT2D eigenvalue weighted by atomic mass is 10.1. The number of piperidine rings is 1. The number of aromatic nitrogens is 3. The monoisotopic (exact) mass is 503 g/mol. The Balaban J connectivity index is 1.24. The molecule has 38 heavy (non-hydrogen) atoms. The molecule has 0 bridgehead atoms. The van der Waals surface area contributed by atoms with Crippen LogP contribution in [0.4, 0.5) is 17.3 Å². The first-order valence-corrected chi connectivity index (χ1v) is 13.0. The lowest BCUT2D eigenvalue weighted by Gasteiger charge is -2.28. The summed E-state index contributed by atoms with van der Waals surface area (Å²) < 4.78 is 7.65. The SMILES string of the molecule is O=c1ccc2cnc(Nc3ccc(N4CCCCC4)cc3)nc2n1Cc1cccc(Oc2ccccc2)c1. The van der Waals surface area contributed by atoms with E-state index in [2.05, 4.69) is 27.3 Å². The second-order valence-corrected chi connectivity index (χ2v) is 9.51. The van der Waals surface area contributed by atoms with Gasteiger partial charge in [-0.15, -0.1) is 0 Å². The van der Waals surface area contributed by atoms with Crippen molar-refractivity contribution in [2.75, 3.05) is 23.3 Å². The van der Waals surface area contributed by atoms with E-state index in [0.717, 1.165) is 35.5 Å². The van der Waals surface area contributed by atoms with Crippen LogP contribution in [0, 0.1) is 0 Å². The minimum absolute atomic E-state index is 0.123. The highest BCUT2D eigenvalue weighted by atomic mass is 16.5. The third kappa shape index (κ3) is 5.37. The highest BCUT2D eigenvalue weighted by Gasteiger charge is 2.12. The molecule has 5 aromatic rings. The standard InChI is InChI=1S/C31H29N5O2/c37-29-17-12-24-21-32-31(33-25-13-15-26(16-14-25)35-18-5-2-6-19-35)34-30(24)36(29)22-23-8-7-11-28(20-23)38-27-9-3-1-4-10-27/h1,3-4,7-17,20-21H,2,5-6,18-19,22H2,(H,32,33,34). The Morgan fingerprint density at radius 2 is 1.61 bits per heavy atom. The van der Waals surface area contributed by atoms with Gasteiger partial charge in [0.1, 0.15) is 17.1 Å². The molecule has 1 saturated heterocycles. The molecule has 1 aliphatic rings. The van der Waals surface area contributed by atoms with Crippen molar-refractivity contribution in [3.63, 3.8) is 0 Å². The third-order valence-electron chi connectivity index (χ3n) is 6.79. The zero-order valence-corrected chi connectivity index (χ0v) is 21.1. The number of nitrogens with one attached hydrogen (secondary N) is 1. The predicted molar refractivity (Wildman–Crippen MR) is 152 cm³/mol. The zero-order chi connectivity index (χ0) is 25.7. The van der Waals surface area contributed by atoms with Gasteiger partial charge < -0.3 is 15.0 Å². The van der Waals surface area contributed by atoms with Gasteiger partial charge in [0.2, 0.25) is 5.95 Å². The van der Waals surface area contributed by atoms with E-state index >= 15 is 0 Å². The van der Waals surface area contributed by atoms with Crippen molar-refractivity contribution in [1.82, 2.24) is 14.5 Å². The van der Waals surface area contributed by atoms with Crippen LogP contribution in [-0.2, 0) is 6.54 Å². The van der Waals surface area contributed by atoms with Crippen LogP contribution in [0.1, 0.15) is 24.8 Å². The first-order valence-electron chi connectivity index (χ1n) is 13.0. The Morgan fingerprint density at radius 1 is 0.816 bits per heavy atom. The maximum Gasteiger partial charge on any atom is 0.252 e. The zero-order valence-electron chi connectivity index (χ0n) is 21.1.